The molecule has 2 heterocycles. The highest BCUT2D eigenvalue weighted by atomic mass is 32.1. The first-order valence-corrected chi connectivity index (χ1v) is 14.5. The van der Waals surface area contributed by atoms with Crippen LogP contribution in [0.3, 0.4) is 0 Å². The summed E-state index contributed by atoms with van der Waals surface area (Å²) in [6.45, 7) is 6.36. The summed E-state index contributed by atoms with van der Waals surface area (Å²) in [7, 11) is 0. The zero-order valence-corrected chi connectivity index (χ0v) is 22.7. The summed E-state index contributed by atoms with van der Waals surface area (Å²) in [5.41, 5.74) is 8.70. The fraction of sp³-hybridized carbons (Fsp3) is 0.571. The molecule has 0 aliphatic heterocycles. The first-order valence-electron chi connectivity index (χ1n) is 13.7. The first-order chi connectivity index (χ1) is 18.0. The first kappa shape index (κ1) is 25.9. The minimum absolute atomic E-state index is 0.00575. The molecule has 1 fully saturated rings. The summed E-state index contributed by atoms with van der Waals surface area (Å²) in [6, 6.07) is 8.27. The van der Waals surface area contributed by atoms with E-state index in [9.17, 15) is 4.79 Å². The van der Waals surface area contributed by atoms with E-state index in [1.807, 2.05) is 24.3 Å². The van der Waals surface area contributed by atoms with Crippen molar-refractivity contribution in [3.63, 3.8) is 0 Å². The van der Waals surface area contributed by atoms with Gasteiger partial charge in [0.1, 0.15) is 0 Å². The van der Waals surface area contributed by atoms with Gasteiger partial charge in [-0.3, -0.25) is 4.79 Å². The quantitative estimate of drug-likeness (QED) is 0.405. The molecule has 2 aliphatic carbocycles. The van der Waals surface area contributed by atoms with Gasteiger partial charge in [0.15, 0.2) is 5.13 Å². The normalized spacial score (nSPS) is 21.6. The van der Waals surface area contributed by atoms with Crippen LogP contribution in [0.4, 0.5) is 5.13 Å². The molecule has 9 heteroatoms. The Labute approximate surface area is 223 Å². The van der Waals surface area contributed by atoms with Crippen LogP contribution in [0.1, 0.15) is 78.7 Å². The van der Waals surface area contributed by atoms with Crippen LogP contribution in [0.5, 0.6) is 0 Å². The predicted octanol–water partition coefficient (Wildman–Crippen LogP) is 5.03. The van der Waals surface area contributed by atoms with Gasteiger partial charge in [0.05, 0.1) is 5.69 Å². The van der Waals surface area contributed by atoms with Crippen LogP contribution in [0.25, 0.3) is 11.4 Å². The van der Waals surface area contributed by atoms with Crippen molar-refractivity contribution in [2.24, 2.45) is 5.92 Å². The number of thiazole rings is 1. The van der Waals surface area contributed by atoms with Crippen molar-refractivity contribution in [3.05, 3.63) is 46.3 Å². The lowest BCUT2D eigenvalue weighted by Gasteiger charge is -2.36. The SMILES string of the molecule is CCCN(CCC1CCC(NC(=O)c2ccc(-c3noc(C)n3)cc2)CC1)[C@@H]1CCc2nc(N)sc2C1. The van der Waals surface area contributed by atoms with E-state index >= 15 is 0 Å². The number of nitrogens with zero attached hydrogens (tertiary/aromatic N) is 4. The number of nitrogens with two attached hydrogens (primary N) is 1. The number of aryl methyl sites for hydroxylation is 2. The number of fused-ring (bicyclic) bond motifs is 1. The summed E-state index contributed by atoms with van der Waals surface area (Å²) in [6.07, 6.45) is 10.2. The Hall–Kier alpha value is -2.78. The maximum atomic E-state index is 12.8. The highest BCUT2D eigenvalue weighted by Crippen LogP contribution is 2.32. The number of benzene rings is 1. The monoisotopic (exact) mass is 522 g/mol. The van der Waals surface area contributed by atoms with Gasteiger partial charge in [-0.2, -0.15) is 4.98 Å². The third-order valence-electron chi connectivity index (χ3n) is 7.90. The number of amides is 1. The van der Waals surface area contributed by atoms with Crippen molar-refractivity contribution >= 4 is 22.4 Å². The number of nitrogen functional groups attached to an aromatic ring is 1. The molecule has 1 atom stereocenters. The van der Waals surface area contributed by atoms with Gasteiger partial charge in [-0.25, -0.2) is 4.98 Å². The molecule has 1 aromatic carbocycles. The largest absolute Gasteiger partial charge is 0.375 e. The number of nitrogens with one attached hydrogen (secondary N) is 1. The molecule has 0 unspecified atom stereocenters. The maximum Gasteiger partial charge on any atom is 0.251 e. The molecule has 5 rings (SSSR count). The Bertz CT molecular complexity index is 1180. The van der Waals surface area contributed by atoms with E-state index in [4.69, 9.17) is 10.3 Å². The molecular weight excluding hydrogens is 484 g/mol. The summed E-state index contributed by atoms with van der Waals surface area (Å²) >= 11 is 1.68. The molecule has 0 saturated heterocycles. The van der Waals surface area contributed by atoms with Crippen LogP contribution < -0.4 is 11.1 Å². The second-order valence-corrected chi connectivity index (χ2v) is 11.7. The third-order valence-corrected chi connectivity index (χ3v) is 8.85. The summed E-state index contributed by atoms with van der Waals surface area (Å²) in [5, 5.41) is 7.91. The Kier molecular flexibility index (Phi) is 8.20. The van der Waals surface area contributed by atoms with Crippen molar-refractivity contribution in [2.45, 2.75) is 83.7 Å². The zero-order chi connectivity index (χ0) is 25.8. The minimum atomic E-state index is -0.00575. The van der Waals surface area contributed by atoms with Crippen LogP contribution >= 0.6 is 11.3 Å². The van der Waals surface area contributed by atoms with Crippen LogP contribution in [-0.2, 0) is 12.8 Å². The molecule has 1 amide bonds. The van der Waals surface area contributed by atoms with Gasteiger partial charge in [0, 0.05) is 35.0 Å². The van der Waals surface area contributed by atoms with E-state index in [1.165, 1.54) is 42.7 Å². The Morgan fingerprint density at radius 3 is 2.62 bits per heavy atom. The number of rotatable bonds is 9. The summed E-state index contributed by atoms with van der Waals surface area (Å²) in [4.78, 5) is 25.7. The molecule has 0 spiro atoms. The van der Waals surface area contributed by atoms with Crippen molar-refractivity contribution in [1.29, 1.82) is 0 Å². The fourth-order valence-corrected chi connectivity index (χ4v) is 6.80. The smallest absolute Gasteiger partial charge is 0.251 e. The van der Waals surface area contributed by atoms with E-state index in [-0.39, 0.29) is 11.9 Å². The maximum absolute atomic E-state index is 12.8. The molecular formula is C28H38N6O2S. The predicted molar refractivity (Wildman–Crippen MR) is 147 cm³/mol. The lowest BCUT2D eigenvalue weighted by molar-refractivity contribution is 0.0918. The number of hydrogen-bond donors (Lipinski definition) is 2. The van der Waals surface area contributed by atoms with Crippen LogP contribution in [0.2, 0.25) is 0 Å². The minimum Gasteiger partial charge on any atom is -0.375 e. The molecule has 8 nitrogen and oxygen atoms in total. The van der Waals surface area contributed by atoms with E-state index in [2.05, 4.69) is 32.3 Å². The standard InChI is InChI=1S/C28H38N6O2S/c1-3-15-34(23-12-13-24-25(17-23)37-28(29)32-24)16-14-19-4-10-22(11-5-19)31-27(35)21-8-6-20(7-9-21)26-30-18(2)36-33-26/h6-9,19,22-23H,3-5,10-17H2,1-2H3,(H2,29,32)(H,31,35)/t19?,22?,23-/m1/s1. The lowest BCUT2D eigenvalue weighted by Crippen LogP contribution is -2.41. The topological polar surface area (TPSA) is 110 Å². The number of aromatic nitrogens is 3. The number of carbonyl (C=O) groups is 1. The number of hydrogen-bond acceptors (Lipinski definition) is 8. The molecule has 3 N–H and O–H groups in total. The summed E-state index contributed by atoms with van der Waals surface area (Å²) < 4.78 is 5.04. The van der Waals surface area contributed by atoms with Gasteiger partial charge in [-0.1, -0.05) is 24.2 Å². The number of carbonyl (C=O) groups excluding carboxylic acids is 1. The second-order valence-electron chi connectivity index (χ2n) is 10.5. The molecule has 1 saturated carbocycles. The van der Waals surface area contributed by atoms with Crippen molar-refractivity contribution < 1.29 is 9.32 Å². The molecule has 0 radical (unpaired) electrons. The number of anilines is 1. The third kappa shape index (κ3) is 6.38. The van der Waals surface area contributed by atoms with Gasteiger partial charge in [0.25, 0.3) is 5.91 Å². The van der Waals surface area contributed by atoms with Gasteiger partial charge in [-0.05, 0) is 88.9 Å². The van der Waals surface area contributed by atoms with Crippen molar-refractivity contribution in [3.8, 4) is 11.4 Å². The van der Waals surface area contributed by atoms with Crippen LogP contribution in [0, 0.1) is 12.8 Å². The van der Waals surface area contributed by atoms with Gasteiger partial charge < -0.3 is 20.5 Å². The molecule has 2 aromatic heterocycles. The average Bonchev–Trinajstić information content (AvgIpc) is 3.51. The highest BCUT2D eigenvalue weighted by molar-refractivity contribution is 7.15. The molecule has 0 bridgehead atoms. The Morgan fingerprint density at radius 2 is 1.92 bits per heavy atom. The van der Waals surface area contributed by atoms with Crippen LogP contribution in [-0.4, -0.2) is 51.1 Å². The molecule has 3 aromatic rings. The van der Waals surface area contributed by atoms with Gasteiger partial charge in [-0.15, -0.1) is 11.3 Å². The van der Waals surface area contributed by atoms with Crippen LogP contribution in [0.15, 0.2) is 28.8 Å². The van der Waals surface area contributed by atoms with E-state index in [0.29, 0.717) is 28.5 Å². The fourth-order valence-electron chi connectivity index (χ4n) is 5.85. The van der Waals surface area contributed by atoms with E-state index < -0.39 is 0 Å². The highest BCUT2D eigenvalue weighted by Gasteiger charge is 2.28. The van der Waals surface area contributed by atoms with Crippen molar-refractivity contribution in [2.75, 3.05) is 18.8 Å². The van der Waals surface area contributed by atoms with Gasteiger partial charge >= 0.3 is 0 Å². The van der Waals surface area contributed by atoms with Gasteiger partial charge in [0.2, 0.25) is 11.7 Å². The van der Waals surface area contributed by atoms with Crippen molar-refractivity contribution in [1.82, 2.24) is 25.3 Å². The molecule has 2 aliphatic rings. The Balaban J connectivity index is 1.07. The van der Waals surface area contributed by atoms with E-state index in [1.54, 1.807) is 18.3 Å². The zero-order valence-electron chi connectivity index (χ0n) is 21.9. The molecule has 198 valence electrons. The lowest BCUT2D eigenvalue weighted by atomic mass is 9.83. The second kappa shape index (κ2) is 11.7. The Morgan fingerprint density at radius 1 is 1.14 bits per heavy atom. The molecule has 37 heavy (non-hydrogen) atoms. The summed E-state index contributed by atoms with van der Waals surface area (Å²) in [5.74, 6) is 1.80. The van der Waals surface area contributed by atoms with E-state index in [0.717, 1.165) is 50.3 Å². The average molecular weight is 523 g/mol.